The van der Waals surface area contributed by atoms with Gasteiger partial charge in [-0.2, -0.15) is 0 Å². The van der Waals surface area contributed by atoms with Gasteiger partial charge in [0.15, 0.2) is 0 Å². The SMILES string of the molecule is Cc1cccc(OCCCCN2C=CSCC2=O)c1. The molecule has 0 fully saturated rings. The largest absolute Gasteiger partial charge is 0.494 e. The number of unbranched alkanes of at least 4 members (excludes halogenated alkanes) is 1. The zero-order chi connectivity index (χ0) is 13.5. The zero-order valence-corrected chi connectivity index (χ0v) is 12.0. The second-order valence-corrected chi connectivity index (χ2v) is 5.45. The highest BCUT2D eigenvalue weighted by Gasteiger charge is 2.13. The molecule has 1 aliphatic rings. The van der Waals surface area contributed by atoms with E-state index in [9.17, 15) is 4.79 Å². The highest BCUT2D eigenvalue weighted by atomic mass is 32.2. The smallest absolute Gasteiger partial charge is 0.236 e. The van der Waals surface area contributed by atoms with E-state index in [0.29, 0.717) is 12.4 Å². The molecule has 1 heterocycles. The summed E-state index contributed by atoms with van der Waals surface area (Å²) in [6, 6.07) is 8.06. The van der Waals surface area contributed by atoms with E-state index in [0.717, 1.165) is 25.1 Å². The van der Waals surface area contributed by atoms with Crippen LogP contribution in [0.5, 0.6) is 5.75 Å². The maximum atomic E-state index is 11.5. The molecule has 0 atom stereocenters. The van der Waals surface area contributed by atoms with Crippen LogP contribution in [-0.2, 0) is 4.79 Å². The molecule has 102 valence electrons. The number of hydrogen-bond acceptors (Lipinski definition) is 3. The van der Waals surface area contributed by atoms with Gasteiger partial charge in [0, 0.05) is 12.7 Å². The number of benzene rings is 1. The molecule has 2 rings (SSSR count). The van der Waals surface area contributed by atoms with E-state index in [1.165, 1.54) is 5.56 Å². The highest BCUT2D eigenvalue weighted by Crippen LogP contribution is 2.14. The van der Waals surface area contributed by atoms with Crippen molar-refractivity contribution in [2.45, 2.75) is 19.8 Å². The van der Waals surface area contributed by atoms with Crippen LogP contribution in [0.1, 0.15) is 18.4 Å². The Balaban J connectivity index is 1.63. The molecule has 3 nitrogen and oxygen atoms in total. The van der Waals surface area contributed by atoms with Gasteiger partial charge >= 0.3 is 0 Å². The first-order valence-electron chi connectivity index (χ1n) is 6.53. The summed E-state index contributed by atoms with van der Waals surface area (Å²) >= 11 is 1.55. The Bertz CT molecular complexity index is 459. The standard InChI is InChI=1S/C15H19NO2S/c1-13-5-4-6-14(11-13)18-9-3-2-7-16-8-10-19-12-15(16)17/h4-6,8,10-11H,2-3,7,9,12H2,1H3. The first kappa shape index (κ1) is 14.0. The van der Waals surface area contributed by atoms with Gasteiger partial charge < -0.3 is 9.64 Å². The van der Waals surface area contributed by atoms with Crippen LogP contribution in [-0.4, -0.2) is 29.7 Å². The van der Waals surface area contributed by atoms with Crippen molar-refractivity contribution < 1.29 is 9.53 Å². The maximum absolute atomic E-state index is 11.5. The van der Waals surface area contributed by atoms with Gasteiger partial charge in [-0.05, 0) is 42.9 Å². The Morgan fingerprint density at radius 3 is 3.05 bits per heavy atom. The lowest BCUT2D eigenvalue weighted by atomic mass is 10.2. The minimum atomic E-state index is 0.201. The van der Waals surface area contributed by atoms with Gasteiger partial charge in [-0.25, -0.2) is 0 Å². The molecular weight excluding hydrogens is 258 g/mol. The van der Waals surface area contributed by atoms with E-state index in [-0.39, 0.29) is 5.91 Å². The third kappa shape index (κ3) is 4.63. The summed E-state index contributed by atoms with van der Waals surface area (Å²) in [6.45, 7) is 3.54. The summed E-state index contributed by atoms with van der Waals surface area (Å²) in [4.78, 5) is 13.3. The highest BCUT2D eigenvalue weighted by molar-refractivity contribution is 8.02. The summed E-state index contributed by atoms with van der Waals surface area (Å²) < 4.78 is 5.68. The van der Waals surface area contributed by atoms with Crippen LogP contribution >= 0.6 is 11.8 Å². The molecule has 1 aliphatic heterocycles. The Morgan fingerprint density at radius 1 is 1.37 bits per heavy atom. The topological polar surface area (TPSA) is 29.5 Å². The number of ether oxygens (including phenoxy) is 1. The Morgan fingerprint density at radius 2 is 2.26 bits per heavy atom. The van der Waals surface area contributed by atoms with Crippen molar-refractivity contribution in [1.82, 2.24) is 4.90 Å². The first-order chi connectivity index (χ1) is 9.25. The van der Waals surface area contributed by atoms with Crippen LogP contribution in [0, 0.1) is 6.92 Å². The monoisotopic (exact) mass is 277 g/mol. The molecule has 19 heavy (non-hydrogen) atoms. The number of rotatable bonds is 6. The lowest BCUT2D eigenvalue weighted by molar-refractivity contribution is -0.126. The van der Waals surface area contributed by atoms with Crippen molar-refractivity contribution >= 4 is 17.7 Å². The van der Waals surface area contributed by atoms with Gasteiger partial charge in [-0.1, -0.05) is 12.1 Å². The molecule has 0 saturated heterocycles. The van der Waals surface area contributed by atoms with Crippen LogP contribution < -0.4 is 4.74 Å². The second-order valence-electron chi connectivity index (χ2n) is 4.56. The minimum absolute atomic E-state index is 0.201. The summed E-state index contributed by atoms with van der Waals surface area (Å²) in [5.74, 6) is 1.69. The number of amides is 1. The third-order valence-electron chi connectivity index (χ3n) is 2.92. The van der Waals surface area contributed by atoms with Crippen molar-refractivity contribution in [3.63, 3.8) is 0 Å². The second kappa shape index (κ2) is 7.24. The summed E-state index contributed by atoms with van der Waals surface area (Å²) in [5, 5.41) is 1.98. The van der Waals surface area contributed by atoms with Crippen LogP contribution in [0.3, 0.4) is 0 Å². The Kier molecular flexibility index (Phi) is 5.33. The molecular formula is C15H19NO2S. The van der Waals surface area contributed by atoms with E-state index in [1.807, 2.05) is 29.8 Å². The Labute approximate surface area is 118 Å². The van der Waals surface area contributed by atoms with E-state index < -0.39 is 0 Å². The number of carbonyl (C=O) groups excluding carboxylic acids is 1. The van der Waals surface area contributed by atoms with Crippen molar-refractivity contribution in [3.05, 3.63) is 41.4 Å². The Hall–Kier alpha value is -1.42. The fraction of sp³-hybridized carbons (Fsp3) is 0.400. The van der Waals surface area contributed by atoms with Gasteiger partial charge in [0.05, 0.1) is 12.4 Å². The average Bonchev–Trinajstić information content (AvgIpc) is 2.40. The predicted octanol–water partition coefficient (Wildman–Crippen LogP) is 3.20. The molecule has 0 unspecified atom stereocenters. The van der Waals surface area contributed by atoms with E-state index in [4.69, 9.17) is 4.74 Å². The molecule has 4 heteroatoms. The number of carbonyl (C=O) groups is 1. The van der Waals surface area contributed by atoms with Crippen molar-refractivity contribution in [2.24, 2.45) is 0 Å². The molecule has 0 aliphatic carbocycles. The average molecular weight is 277 g/mol. The fourth-order valence-electron chi connectivity index (χ4n) is 1.88. The normalized spacial score (nSPS) is 14.8. The fourth-order valence-corrected chi connectivity index (χ4v) is 2.52. The molecule has 0 radical (unpaired) electrons. The molecule has 0 saturated carbocycles. The quantitative estimate of drug-likeness (QED) is 0.748. The molecule has 0 bridgehead atoms. The van der Waals surface area contributed by atoms with Crippen LogP contribution in [0.25, 0.3) is 0 Å². The zero-order valence-electron chi connectivity index (χ0n) is 11.2. The van der Waals surface area contributed by atoms with Crippen LogP contribution in [0.4, 0.5) is 0 Å². The molecule has 1 amide bonds. The summed E-state index contributed by atoms with van der Waals surface area (Å²) in [6.07, 6.45) is 3.79. The van der Waals surface area contributed by atoms with Crippen molar-refractivity contribution in [2.75, 3.05) is 18.9 Å². The van der Waals surface area contributed by atoms with Crippen molar-refractivity contribution in [3.8, 4) is 5.75 Å². The minimum Gasteiger partial charge on any atom is -0.494 e. The number of nitrogens with zero attached hydrogens (tertiary/aromatic N) is 1. The summed E-state index contributed by atoms with van der Waals surface area (Å²) in [5.41, 5.74) is 1.21. The number of hydrogen-bond donors (Lipinski definition) is 0. The van der Waals surface area contributed by atoms with E-state index in [1.54, 1.807) is 16.7 Å². The summed E-state index contributed by atoms with van der Waals surface area (Å²) in [7, 11) is 0. The van der Waals surface area contributed by atoms with Gasteiger partial charge in [0.1, 0.15) is 5.75 Å². The van der Waals surface area contributed by atoms with Gasteiger partial charge in [-0.15, -0.1) is 11.8 Å². The third-order valence-corrected chi connectivity index (χ3v) is 3.64. The number of thioether (sulfide) groups is 1. The molecule has 0 N–H and O–H groups in total. The lowest BCUT2D eigenvalue weighted by Crippen LogP contribution is -2.30. The lowest BCUT2D eigenvalue weighted by Gasteiger charge is -2.20. The first-order valence-corrected chi connectivity index (χ1v) is 7.58. The van der Waals surface area contributed by atoms with Crippen molar-refractivity contribution in [1.29, 1.82) is 0 Å². The van der Waals surface area contributed by atoms with Gasteiger partial charge in [0.25, 0.3) is 0 Å². The number of aryl methyl sites for hydroxylation is 1. The van der Waals surface area contributed by atoms with Gasteiger partial charge in [-0.3, -0.25) is 4.79 Å². The van der Waals surface area contributed by atoms with E-state index in [2.05, 4.69) is 13.0 Å². The maximum Gasteiger partial charge on any atom is 0.236 e. The van der Waals surface area contributed by atoms with Crippen LogP contribution in [0.15, 0.2) is 35.9 Å². The molecule has 0 spiro atoms. The predicted molar refractivity (Wildman–Crippen MR) is 79.2 cm³/mol. The van der Waals surface area contributed by atoms with Crippen LogP contribution in [0.2, 0.25) is 0 Å². The molecule has 1 aromatic rings. The molecule has 1 aromatic carbocycles. The van der Waals surface area contributed by atoms with Gasteiger partial charge in [0.2, 0.25) is 5.91 Å². The molecule has 0 aromatic heterocycles. The van der Waals surface area contributed by atoms with E-state index >= 15 is 0 Å².